The Labute approximate surface area is 141 Å². The van der Waals surface area contributed by atoms with E-state index in [1.54, 1.807) is 24.3 Å². The predicted molar refractivity (Wildman–Crippen MR) is 89.0 cm³/mol. The Kier molecular flexibility index (Phi) is 3.63. The number of benzene rings is 1. The highest BCUT2D eigenvalue weighted by atomic mass is 35.5. The maximum Gasteiger partial charge on any atom is 0.259 e. The van der Waals surface area contributed by atoms with Gasteiger partial charge in [0.25, 0.3) is 11.8 Å². The molecule has 1 fully saturated rings. The third-order valence-electron chi connectivity index (χ3n) is 3.59. The highest BCUT2D eigenvalue weighted by Gasteiger charge is 2.30. The summed E-state index contributed by atoms with van der Waals surface area (Å²) in [5.41, 5.74) is 1.07. The number of carbonyl (C=O) groups is 1. The summed E-state index contributed by atoms with van der Waals surface area (Å²) in [5, 5.41) is 13.3. The van der Waals surface area contributed by atoms with Crippen molar-refractivity contribution in [1.29, 1.82) is 0 Å². The molecule has 1 N–H and O–H groups in total. The summed E-state index contributed by atoms with van der Waals surface area (Å²) in [5.74, 6) is 1.25. The molecule has 23 heavy (non-hydrogen) atoms. The van der Waals surface area contributed by atoms with Crippen molar-refractivity contribution in [3.8, 4) is 10.8 Å². The van der Waals surface area contributed by atoms with Crippen LogP contribution in [0, 0.1) is 0 Å². The highest BCUT2D eigenvalue weighted by Crippen LogP contribution is 2.41. The van der Waals surface area contributed by atoms with Crippen LogP contribution in [0.1, 0.15) is 35.0 Å². The first-order valence-corrected chi connectivity index (χ1v) is 8.45. The number of anilines is 1. The van der Waals surface area contributed by atoms with Crippen molar-refractivity contribution in [2.45, 2.75) is 18.8 Å². The first kappa shape index (κ1) is 14.4. The van der Waals surface area contributed by atoms with Crippen LogP contribution in [-0.4, -0.2) is 16.1 Å². The number of nitrogens with zero attached hydrogens (tertiary/aromatic N) is 2. The molecule has 0 bridgehead atoms. The predicted octanol–water partition coefficient (Wildman–Crippen LogP) is 4.58. The van der Waals surface area contributed by atoms with Crippen molar-refractivity contribution in [1.82, 2.24) is 10.2 Å². The maximum atomic E-state index is 12.4. The van der Waals surface area contributed by atoms with E-state index in [1.807, 2.05) is 11.4 Å². The quantitative estimate of drug-likeness (QED) is 0.751. The molecule has 7 heteroatoms. The lowest BCUT2D eigenvalue weighted by Crippen LogP contribution is -2.12. The van der Waals surface area contributed by atoms with Gasteiger partial charge < -0.3 is 9.73 Å². The molecule has 5 nitrogen and oxygen atoms in total. The summed E-state index contributed by atoms with van der Waals surface area (Å²) in [6, 6.07) is 8.74. The minimum atomic E-state index is -0.266. The first-order valence-electron chi connectivity index (χ1n) is 7.19. The van der Waals surface area contributed by atoms with Crippen molar-refractivity contribution in [2.75, 3.05) is 5.32 Å². The number of nitrogens with one attached hydrogen (secondary N) is 1. The molecule has 1 aromatic carbocycles. The van der Waals surface area contributed by atoms with Crippen LogP contribution in [0.5, 0.6) is 0 Å². The molecule has 0 spiro atoms. The lowest BCUT2D eigenvalue weighted by Gasteiger charge is -2.06. The van der Waals surface area contributed by atoms with Crippen molar-refractivity contribution >= 4 is 34.5 Å². The van der Waals surface area contributed by atoms with Crippen LogP contribution in [0.4, 0.5) is 5.69 Å². The molecule has 2 aromatic heterocycles. The Morgan fingerprint density at radius 1 is 1.26 bits per heavy atom. The fourth-order valence-electron chi connectivity index (χ4n) is 2.23. The summed E-state index contributed by atoms with van der Waals surface area (Å²) < 4.78 is 5.71. The van der Waals surface area contributed by atoms with Gasteiger partial charge in [-0.25, -0.2) is 0 Å². The number of hydrogen-bond donors (Lipinski definition) is 1. The van der Waals surface area contributed by atoms with Crippen molar-refractivity contribution in [3.63, 3.8) is 0 Å². The normalized spacial score (nSPS) is 14.0. The molecule has 3 aromatic rings. The molecule has 2 heterocycles. The molecule has 1 amide bonds. The van der Waals surface area contributed by atoms with Crippen LogP contribution in [0.2, 0.25) is 5.02 Å². The SMILES string of the molecule is O=C(Nc1ccsc1-c1nnc(C2CC2)o1)c1ccccc1Cl. The second-order valence-electron chi connectivity index (χ2n) is 5.32. The summed E-state index contributed by atoms with van der Waals surface area (Å²) >= 11 is 7.51. The minimum absolute atomic E-state index is 0.266. The average molecular weight is 346 g/mol. The van der Waals surface area contributed by atoms with Crippen molar-refractivity contribution in [3.05, 3.63) is 52.2 Å². The van der Waals surface area contributed by atoms with Crippen molar-refractivity contribution in [2.24, 2.45) is 0 Å². The topological polar surface area (TPSA) is 68.0 Å². The monoisotopic (exact) mass is 345 g/mol. The molecule has 1 saturated carbocycles. The molecule has 1 aliphatic rings. The van der Waals surface area contributed by atoms with E-state index in [-0.39, 0.29) is 5.91 Å². The number of thiophene rings is 1. The van der Waals surface area contributed by atoms with E-state index in [2.05, 4.69) is 15.5 Å². The third-order valence-corrected chi connectivity index (χ3v) is 4.83. The molecule has 116 valence electrons. The average Bonchev–Trinajstić information content (AvgIpc) is 3.10. The van der Waals surface area contributed by atoms with Gasteiger partial charge in [-0.15, -0.1) is 21.5 Å². The molecule has 0 radical (unpaired) electrons. The molecular formula is C16H12ClN3O2S. The first-order chi connectivity index (χ1) is 11.2. The summed E-state index contributed by atoms with van der Waals surface area (Å²) in [6.07, 6.45) is 2.20. The summed E-state index contributed by atoms with van der Waals surface area (Å²) in [7, 11) is 0. The maximum absolute atomic E-state index is 12.4. The van der Waals surface area contributed by atoms with Gasteiger partial charge in [0.15, 0.2) is 0 Å². The zero-order valence-electron chi connectivity index (χ0n) is 12.0. The van der Waals surface area contributed by atoms with Crippen LogP contribution >= 0.6 is 22.9 Å². The van der Waals surface area contributed by atoms with Gasteiger partial charge in [-0.2, -0.15) is 0 Å². The molecule has 0 aliphatic heterocycles. The number of amides is 1. The third kappa shape index (κ3) is 2.87. The van der Waals surface area contributed by atoms with Gasteiger partial charge in [-0.1, -0.05) is 23.7 Å². The number of halogens is 1. The van der Waals surface area contributed by atoms with Gasteiger partial charge >= 0.3 is 0 Å². The van der Waals surface area contributed by atoms with E-state index in [1.165, 1.54) is 11.3 Å². The fraction of sp³-hybridized carbons (Fsp3) is 0.188. The fourth-order valence-corrected chi connectivity index (χ4v) is 3.22. The second-order valence-corrected chi connectivity index (χ2v) is 6.64. The van der Waals surface area contributed by atoms with Gasteiger partial charge in [-0.3, -0.25) is 4.79 Å². The van der Waals surface area contributed by atoms with Crippen LogP contribution in [0.15, 0.2) is 40.1 Å². The van der Waals surface area contributed by atoms with E-state index in [4.69, 9.17) is 16.0 Å². The summed E-state index contributed by atoms with van der Waals surface area (Å²) in [6.45, 7) is 0. The standard InChI is InChI=1S/C16H12ClN3O2S/c17-11-4-2-1-3-10(11)14(21)18-12-7-8-23-13(12)16-20-19-15(22-16)9-5-6-9/h1-4,7-9H,5-6H2,(H,18,21). The Morgan fingerprint density at radius 3 is 2.87 bits per heavy atom. The van der Waals surface area contributed by atoms with Crippen molar-refractivity contribution < 1.29 is 9.21 Å². The van der Waals surface area contributed by atoms with E-state index in [0.717, 1.165) is 17.7 Å². The number of rotatable bonds is 4. The lowest BCUT2D eigenvalue weighted by atomic mass is 10.2. The van der Waals surface area contributed by atoms with Crippen LogP contribution in [-0.2, 0) is 0 Å². The second kappa shape index (κ2) is 5.79. The van der Waals surface area contributed by atoms with Gasteiger partial charge in [-0.05, 0) is 36.4 Å². The van der Waals surface area contributed by atoms with Gasteiger partial charge in [0.1, 0.15) is 4.88 Å². The zero-order chi connectivity index (χ0) is 15.8. The van der Waals surface area contributed by atoms with Gasteiger partial charge in [0, 0.05) is 5.92 Å². The number of hydrogen-bond acceptors (Lipinski definition) is 5. The van der Waals surface area contributed by atoms with E-state index in [9.17, 15) is 4.79 Å². The smallest absolute Gasteiger partial charge is 0.259 e. The lowest BCUT2D eigenvalue weighted by molar-refractivity contribution is 0.102. The Bertz CT molecular complexity index is 870. The van der Waals surface area contributed by atoms with E-state index < -0.39 is 0 Å². The van der Waals surface area contributed by atoms with Gasteiger partial charge in [0.2, 0.25) is 5.89 Å². The largest absolute Gasteiger partial charge is 0.420 e. The number of aromatic nitrogens is 2. The Morgan fingerprint density at radius 2 is 2.09 bits per heavy atom. The van der Waals surface area contributed by atoms with Crippen LogP contribution in [0.25, 0.3) is 10.8 Å². The Balaban J connectivity index is 1.59. The molecular weight excluding hydrogens is 334 g/mol. The van der Waals surface area contributed by atoms with Crippen LogP contribution < -0.4 is 5.32 Å². The molecule has 0 unspecified atom stereocenters. The molecule has 0 atom stereocenters. The number of carbonyl (C=O) groups excluding carboxylic acids is 1. The zero-order valence-corrected chi connectivity index (χ0v) is 13.5. The molecule has 4 rings (SSSR count). The molecule has 0 saturated heterocycles. The minimum Gasteiger partial charge on any atom is -0.420 e. The Hall–Kier alpha value is -2.18. The van der Waals surface area contributed by atoms with Gasteiger partial charge in [0.05, 0.1) is 16.3 Å². The van der Waals surface area contributed by atoms with E-state index in [0.29, 0.717) is 34.0 Å². The van der Waals surface area contributed by atoms with Crippen LogP contribution in [0.3, 0.4) is 0 Å². The summed E-state index contributed by atoms with van der Waals surface area (Å²) in [4.78, 5) is 13.1. The van der Waals surface area contributed by atoms with E-state index >= 15 is 0 Å². The highest BCUT2D eigenvalue weighted by molar-refractivity contribution is 7.14. The molecule has 1 aliphatic carbocycles.